The van der Waals surface area contributed by atoms with Crippen LogP contribution in [-0.2, 0) is 14.3 Å². The van der Waals surface area contributed by atoms with Crippen molar-refractivity contribution in [2.24, 2.45) is 0 Å². The number of rotatable bonds is 6. The lowest BCUT2D eigenvalue weighted by atomic mass is 10.2. The van der Waals surface area contributed by atoms with Crippen LogP contribution in [0.2, 0.25) is 0 Å². The largest absolute Gasteiger partial charge is 0.481 e. The normalized spacial score (nSPS) is 10.8. The van der Waals surface area contributed by atoms with E-state index in [1.54, 1.807) is 20.8 Å². The fourth-order valence-corrected chi connectivity index (χ4v) is 1.08. The highest BCUT2D eigenvalue weighted by atomic mass is 16.6. The number of hydrogen-bond donors (Lipinski definition) is 2. The molecule has 0 aromatic carbocycles. The van der Waals surface area contributed by atoms with Gasteiger partial charge in [0.1, 0.15) is 5.60 Å². The lowest BCUT2D eigenvalue weighted by Crippen LogP contribution is -2.39. The number of aliphatic carboxylic acids is 2. The minimum Gasteiger partial charge on any atom is -0.481 e. The van der Waals surface area contributed by atoms with Crippen LogP contribution in [0, 0.1) is 0 Å². The maximum absolute atomic E-state index is 11.7. The summed E-state index contributed by atoms with van der Waals surface area (Å²) >= 11 is 0. The van der Waals surface area contributed by atoms with Crippen LogP contribution < -0.4 is 0 Å². The zero-order chi connectivity index (χ0) is 14.3. The topological polar surface area (TPSA) is 104 Å². The molecule has 0 aliphatic rings. The zero-order valence-electron chi connectivity index (χ0n) is 10.8. The average molecular weight is 261 g/mol. The monoisotopic (exact) mass is 261 g/mol. The highest BCUT2D eigenvalue weighted by molar-refractivity contribution is 5.72. The molecule has 104 valence electrons. The molecule has 0 rings (SSSR count). The highest BCUT2D eigenvalue weighted by Crippen LogP contribution is 2.10. The van der Waals surface area contributed by atoms with E-state index in [1.807, 2.05) is 0 Å². The van der Waals surface area contributed by atoms with Crippen LogP contribution in [0.4, 0.5) is 4.79 Å². The van der Waals surface area contributed by atoms with Gasteiger partial charge in [-0.3, -0.25) is 9.59 Å². The summed E-state index contributed by atoms with van der Waals surface area (Å²) in [5, 5.41) is 17.1. The predicted octanol–water partition coefficient (Wildman–Crippen LogP) is 1.17. The van der Waals surface area contributed by atoms with Crippen LogP contribution in [-0.4, -0.2) is 51.8 Å². The Bertz CT molecular complexity index is 302. The molecule has 0 aromatic rings. The molecule has 0 heterocycles. The summed E-state index contributed by atoms with van der Waals surface area (Å²) in [5.41, 5.74) is -0.707. The number of carboxylic acid groups (broad SMARTS) is 2. The van der Waals surface area contributed by atoms with Gasteiger partial charge in [0.15, 0.2) is 0 Å². The lowest BCUT2D eigenvalue weighted by molar-refractivity contribution is -0.137. The Morgan fingerprint density at radius 3 is 1.67 bits per heavy atom. The van der Waals surface area contributed by atoms with Gasteiger partial charge in [-0.1, -0.05) is 0 Å². The number of carboxylic acids is 2. The number of carbonyl (C=O) groups is 3. The van der Waals surface area contributed by atoms with Crippen molar-refractivity contribution < 1.29 is 29.3 Å². The molecule has 0 unspecified atom stereocenters. The van der Waals surface area contributed by atoms with E-state index < -0.39 is 23.6 Å². The highest BCUT2D eigenvalue weighted by Gasteiger charge is 2.22. The second kappa shape index (κ2) is 6.83. The van der Waals surface area contributed by atoms with Gasteiger partial charge in [-0.15, -0.1) is 0 Å². The van der Waals surface area contributed by atoms with E-state index in [9.17, 15) is 14.4 Å². The SMILES string of the molecule is CC(C)(C)OC(=O)N(CCC(=O)O)CCC(=O)O. The van der Waals surface area contributed by atoms with Crippen molar-refractivity contribution in [1.29, 1.82) is 0 Å². The molecule has 7 heteroatoms. The third-order valence-electron chi connectivity index (χ3n) is 1.84. The Hall–Kier alpha value is -1.79. The Kier molecular flexibility index (Phi) is 6.15. The number of hydrogen-bond acceptors (Lipinski definition) is 4. The average Bonchev–Trinajstić information content (AvgIpc) is 2.13. The zero-order valence-corrected chi connectivity index (χ0v) is 10.8. The third kappa shape index (κ3) is 8.37. The van der Waals surface area contributed by atoms with Gasteiger partial charge >= 0.3 is 18.0 Å². The third-order valence-corrected chi connectivity index (χ3v) is 1.84. The molecule has 7 nitrogen and oxygen atoms in total. The van der Waals surface area contributed by atoms with Crippen LogP contribution in [0.15, 0.2) is 0 Å². The summed E-state index contributed by atoms with van der Waals surface area (Å²) in [6.07, 6.45) is -1.21. The minimum absolute atomic E-state index is 0.0719. The summed E-state index contributed by atoms with van der Waals surface area (Å²) in [6.45, 7) is 4.89. The van der Waals surface area contributed by atoms with E-state index in [0.29, 0.717) is 0 Å². The fraction of sp³-hybridized carbons (Fsp3) is 0.727. The summed E-state index contributed by atoms with van der Waals surface area (Å²) in [6, 6.07) is 0. The minimum atomic E-state index is -1.06. The van der Waals surface area contributed by atoms with E-state index in [1.165, 1.54) is 0 Å². The molecule has 1 amide bonds. The van der Waals surface area contributed by atoms with E-state index in [-0.39, 0.29) is 25.9 Å². The first-order valence-electron chi connectivity index (χ1n) is 5.53. The maximum Gasteiger partial charge on any atom is 0.410 e. The molecule has 0 saturated heterocycles. The fourth-order valence-electron chi connectivity index (χ4n) is 1.08. The summed E-state index contributed by atoms with van der Waals surface area (Å²) in [7, 11) is 0. The first kappa shape index (κ1) is 16.2. The van der Waals surface area contributed by atoms with Crippen LogP contribution in [0.5, 0.6) is 0 Å². The van der Waals surface area contributed by atoms with Gasteiger partial charge < -0.3 is 19.8 Å². The molecular formula is C11H19NO6. The molecule has 0 spiro atoms. The number of amides is 1. The van der Waals surface area contributed by atoms with Crippen molar-refractivity contribution in [3.63, 3.8) is 0 Å². The molecule has 0 aromatic heterocycles. The summed E-state index contributed by atoms with van der Waals surface area (Å²) in [4.78, 5) is 33.7. The van der Waals surface area contributed by atoms with Crippen molar-refractivity contribution >= 4 is 18.0 Å². The van der Waals surface area contributed by atoms with Gasteiger partial charge in [0.25, 0.3) is 0 Å². The molecule has 0 atom stereocenters. The molecular weight excluding hydrogens is 242 g/mol. The molecule has 0 bridgehead atoms. The van der Waals surface area contributed by atoms with Crippen LogP contribution in [0.3, 0.4) is 0 Å². The number of nitrogens with zero attached hydrogens (tertiary/aromatic N) is 1. The molecule has 0 saturated carbocycles. The van der Waals surface area contributed by atoms with Crippen LogP contribution in [0.1, 0.15) is 33.6 Å². The predicted molar refractivity (Wildman–Crippen MR) is 62.3 cm³/mol. The molecule has 0 aliphatic carbocycles. The summed E-state index contributed by atoms with van der Waals surface area (Å²) < 4.78 is 5.07. The van der Waals surface area contributed by atoms with Crippen LogP contribution >= 0.6 is 0 Å². The van der Waals surface area contributed by atoms with Gasteiger partial charge in [0, 0.05) is 13.1 Å². The van der Waals surface area contributed by atoms with Gasteiger partial charge in [0.05, 0.1) is 12.8 Å². The van der Waals surface area contributed by atoms with Gasteiger partial charge in [-0.25, -0.2) is 4.79 Å². The van der Waals surface area contributed by atoms with E-state index >= 15 is 0 Å². The molecule has 0 fully saturated rings. The molecule has 2 N–H and O–H groups in total. The Morgan fingerprint density at radius 1 is 1.00 bits per heavy atom. The first-order chi connectivity index (χ1) is 8.11. The molecule has 0 radical (unpaired) electrons. The Labute approximate surface area is 105 Å². The number of ether oxygens (including phenoxy) is 1. The van der Waals surface area contributed by atoms with Crippen molar-refractivity contribution in [3.05, 3.63) is 0 Å². The Morgan fingerprint density at radius 2 is 1.39 bits per heavy atom. The second-order valence-corrected chi connectivity index (χ2v) is 4.75. The number of carbonyl (C=O) groups excluding carboxylic acids is 1. The van der Waals surface area contributed by atoms with Crippen molar-refractivity contribution in [1.82, 2.24) is 4.90 Å². The smallest absolute Gasteiger partial charge is 0.410 e. The van der Waals surface area contributed by atoms with Crippen LogP contribution in [0.25, 0.3) is 0 Å². The maximum atomic E-state index is 11.7. The van der Waals surface area contributed by atoms with E-state index in [0.717, 1.165) is 4.90 Å². The molecule has 18 heavy (non-hydrogen) atoms. The second-order valence-electron chi connectivity index (χ2n) is 4.75. The quantitative estimate of drug-likeness (QED) is 0.743. The van der Waals surface area contributed by atoms with E-state index in [2.05, 4.69) is 0 Å². The first-order valence-corrected chi connectivity index (χ1v) is 5.53. The van der Waals surface area contributed by atoms with Crippen molar-refractivity contribution in [2.75, 3.05) is 13.1 Å². The molecule has 0 aliphatic heterocycles. The summed E-state index contributed by atoms with van der Waals surface area (Å²) in [5.74, 6) is -2.11. The van der Waals surface area contributed by atoms with Crippen molar-refractivity contribution in [3.8, 4) is 0 Å². The lowest BCUT2D eigenvalue weighted by Gasteiger charge is -2.26. The van der Waals surface area contributed by atoms with Gasteiger partial charge in [-0.2, -0.15) is 0 Å². The van der Waals surface area contributed by atoms with Gasteiger partial charge in [-0.05, 0) is 20.8 Å². The van der Waals surface area contributed by atoms with E-state index in [4.69, 9.17) is 14.9 Å². The van der Waals surface area contributed by atoms with Crippen molar-refractivity contribution in [2.45, 2.75) is 39.2 Å². The standard InChI is InChI=1S/C11H19NO6/c1-11(2,3)18-10(17)12(6-4-8(13)14)7-5-9(15)16/h4-7H2,1-3H3,(H,13,14)(H,15,16). The Balaban J connectivity index is 4.48. The van der Waals surface area contributed by atoms with Gasteiger partial charge in [0.2, 0.25) is 0 Å².